The Morgan fingerprint density at radius 1 is 0.705 bits per heavy atom. The molecule has 0 bridgehead atoms. The third kappa shape index (κ3) is 5.87. The first-order chi connectivity index (χ1) is 20.8. The van der Waals surface area contributed by atoms with Gasteiger partial charge in [-0.05, 0) is 52.4 Å². The van der Waals surface area contributed by atoms with Gasteiger partial charge in [-0.2, -0.15) is 18.2 Å². The summed E-state index contributed by atoms with van der Waals surface area (Å²) in [6.07, 6.45) is 5.47. The van der Waals surface area contributed by atoms with E-state index < -0.39 is 0 Å². The monoisotopic (exact) mass is 756 g/mol. The Morgan fingerprint density at radius 2 is 1.41 bits per heavy atom. The number of rotatable bonds is 5. The summed E-state index contributed by atoms with van der Waals surface area (Å²) in [6.45, 7) is 13.4. The molecule has 0 amide bonds. The minimum atomic E-state index is 0. The fourth-order valence-electron chi connectivity index (χ4n) is 5.71. The van der Waals surface area contributed by atoms with E-state index in [9.17, 15) is 0 Å². The smallest absolute Gasteiger partial charge is 0.523 e. The van der Waals surface area contributed by atoms with E-state index in [1.807, 2.05) is 48.5 Å². The van der Waals surface area contributed by atoms with Crippen LogP contribution in [0.4, 0.5) is 0 Å². The Morgan fingerprint density at radius 3 is 2.05 bits per heavy atom. The van der Waals surface area contributed by atoms with Gasteiger partial charge in [0.05, 0.1) is 11.2 Å². The average molecular weight is 756 g/mol. The molecule has 44 heavy (non-hydrogen) atoms. The number of imidazole rings is 1. The van der Waals surface area contributed by atoms with Gasteiger partial charge in [-0.3, -0.25) is 4.57 Å². The third-order valence-electron chi connectivity index (χ3n) is 7.88. The second-order valence-corrected chi connectivity index (χ2v) is 11.8. The number of para-hydroxylation sites is 2. The van der Waals surface area contributed by atoms with Crippen LogP contribution < -0.4 is 9.30 Å². The number of nitrogens with zero attached hydrogens (tertiary/aromatic N) is 3. The van der Waals surface area contributed by atoms with Gasteiger partial charge in [0, 0.05) is 11.9 Å². The second-order valence-electron chi connectivity index (χ2n) is 11.8. The first-order valence-electron chi connectivity index (χ1n) is 15.1. The van der Waals surface area contributed by atoms with E-state index >= 15 is 0 Å². The molecule has 222 valence electrons. The first kappa shape index (κ1) is 31.4. The van der Waals surface area contributed by atoms with Crippen LogP contribution in [0.1, 0.15) is 76.0 Å². The van der Waals surface area contributed by atoms with Gasteiger partial charge in [-0.1, -0.05) is 84.0 Å². The predicted molar refractivity (Wildman–Crippen MR) is 173 cm³/mol. The standard InChI is InChI=1S/C28H29N2O.C11H8N.Ir/c1-17(2)20-10-7-11-21(18(3)4)26(20)29-16-30-24-14-8-12-22(19(5)6)28(24)31-25-15-9-13-23(29)27(25)30;1-2-6-10(7-3-1)11-8-4-5-9-12-11;/h7-13,15,17-19H,1-6H3;1-6,8-9H;/q2*-1;+3. The number of benzene rings is 4. The maximum atomic E-state index is 6.46. The molecule has 0 radical (unpaired) electrons. The van der Waals surface area contributed by atoms with Crippen molar-refractivity contribution < 1.29 is 29.4 Å². The summed E-state index contributed by atoms with van der Waals surface area (Å²) >= 11 is 0. The molecular formula is C39H37IrN3O+. The molecule has 5 heteroatoms. The van der Waals surface area contributed by atoms with Crippen LogP contribution in [0.15, 0.2) is 97.2 Å². The number of ether oxygens (including phenoxy) is 1. The maximum absolute atomic E-state index is 6.46. The van der Waals surface area contributed by atoms with Gasteiger partial charge >= 0.3 is 20.1 Å². The molecule has 2 aromatic heterocycles. The molecule has 0 aliphatic carbocycles. The second kappa shape index (κ2) is 13.3. The van der Waals surface area contributed by atoms with Crippen molar-refractivity contribution in [3.63, 3.8) is 0 Å². The zero-order valence-electron chi connectivity index (χ0n) is 26.1. The van der Waals surface area contributed by atoms with Gasteiger partial charge in [0.15, 0.2) is 0 Å². The fraction of sp³-hybridized carbons (Fsp3) is 0.231. The molecule has 0 saturated heterocycles. The SMILES string of the molecule is CC(C)c1cc[c-]c2c1Oc1cccc3c1[n+]-2[c-]n3-c1c(C(C)C)cccc1C(C)C.[Ir+3].[c-]1ccccc1-c1ccccn1. The molecular weight excluding hydrogens is 719 g/mol. The van der Waals surface area contributed by atoms with Crippen molar-refractivity contribution in [2.45, 2.75) is 59.3 Å². The van der Waals surface area contributed by atoms with Crippen LogP contribution in [0.5, 0.6) is 11.5 Å². The predicted octanol–water partition coefficient (Wildman–Crippen LogP) is 9.53. The first-order valence-corrected chi connectivity index (χ1v) is 15.1. The average Bonchev–Trinajstić information content (AvgIpc) is 3.42. The number of fused-ring (bicyclic) bond motifs is 2. The van der Waals surface area contributed by atoms with E-state index in [0.717, 1.165) is 39.5 Å². The van der Waals surface area contributed by atoms with Crippen LogP contribution in [-0.2, 0) is 20.1 Å². The van der Waals surface area contributed by atoms with E-state index in [0.29, 0.717) is 17.8 Å². The Balaban J connectivity index is 0.000000248. The summed E-state index contributed by atoms with van der Waals surface area (Å²) in [5.74, 6) is 2.93. The minimum absolute atomic E-state index is 0. The molecule has 1 aliphatic heterocycles. The number of hydrogen-bond acceptors (Lipinski definition) is 2. The summed E-state index contributed by atoms with van der Waals surface area (Å²) in [6, 6.07) is 37.3. The zero-order chi connectivity index (χ0) is 30.1. The largest absolute Gasteiger partial charge is 3.00 e. The van der Waals surface area contributed by atoms with Crippen molar-refractivity contribution in [2.75, 3.05) is 0 Å². The van der Waals surface area contributed by atoms with Gasteiger partial charge in [0.1, 0.15) is 11.3 Å². The topological polar surface area (TPSA) is 30.9 Å². The van der Waals surface area contributed by atoms with Crippen molar-refractivity contribution in [3.8, 4) is 34.1 Å². The molecule has 1 aliphatic rings. The van der Waals surface area contributed by atoms with Crippen LogP contribution >= 0.6 is 0 Å². The summed E-state index contributed by atoms with van der Waals surface area (Å²) in [5, 5.41) is 0. The van der Waals surface area contributed by atoms with E-state index in [-0.39, 0.29) is 20.1 Å². The summed E-state index contributed by atoms with van der Waals surface area (Å²) < 4.78 is 10.8. The number of hydrogen-bond donors (Lipinski definition) is 0. The molecule has 0 saturated carbocycles. The van der Waals surface area contributed by atoms with Crippen LogP contribution in [0.3, 0.4) is 0 Å². The Labute approximate surface area is 274 Å². The van der Waals surface area contributed by atoms with Crippen LogP contribution in [0.25, 0.3) is 33.7 Å². The maximum Gasteiger partial charge on any atom is 3.00 e. The molecule has 0 fully saturated rings. The third-order valence-corrected chi connectivity index (χ3v) is 7.88. The van der Waals surface area contributed by atoms with Gasteiger partial charge in [0.25, 0.3) is 6.33 Å². The molecule has 4 nitrogen and oxygen atoms in total. The Hall–Kier alpha value is -4.05. The number of pyridine rings is 1. The van der Waals surface area contributed by atoms with Crippen LogP contribution in [0.2, 0.25) is 0 Å². The normalized spacial score (nSPS) is 11.6. The van der Waals surface area contributed by atoms with Crippen molar-refractivity contribution in [3.05, 3.63) is 132 Å². The molecule has 4 aromatic carbocycles. The molecule has 0 spiro atoms. The van der Waals surface area contributed by atoms with E-state index in [1.165, 1.54) is 22.4 Å². The summed E-state index contributed by atoms with van der Waals surface area (Å²) in [4.78, 5) is 4.22. The van der Waals surface area contributed by atoms with Gasteiger partial charge < -0.3 is 14.3 Å². The van der Waals surface area contributed by atoms with Crippen LogP contribution in [-0.4, -0.2) is 9.55 Å². The minimum Gasteiger partial charge on any atom is -0.523 e. The fourth-order valence-corrected chi connectivity index (χ4v) is 5.71. The molecule has 7 rings (SSSR count). The Bertz CT molecular complexity index is 1810. The van der Waals surface area contributed by atoms with Gasteiger partial charge in [-0.25, -0.2) is 0 Å². The Kier molecular flexibility index (Phi) is 9.48. The van der Waals surface area contributed by atoms with Crippen molar-refractivity contribution >= 4 is 11.0 Å². The van der Waals surface area contributed by atoms with E-state index in [2.05, 4.69) is 117 Å². The number of aromatic nitrogens is 3. The zero-order valence-corrected chi connectivity index (χ0v) is 28.4. The van der Waals surface area contributed by atoms with Crippen molar-refractivity contribution in [1.29, 1.82) is 0 Å². The summed E-state index contributed by atoms with van der Waals surface area (Å²) in [5.41, 5.74) is 10.2. The molecule has 6 aromatic rings. The van der Waals surface area contributed by atoms with Gasteiger partial charge in [0.2, 0.25) is 0 Å². The molecule has 0 N–H and O–H groups in total. The van der Waals surface area contributed by atoms with Gasteiger partial charge in [-0.15, -0.1) is 41.5 Å². The van der Waals surface area contributed by atoms with Crippen molar-refractivity contribution in [2.24, 2.45) is 0 Å². The van der Waals surface area contributed by atoms with E-state index in [1.54, 1.807) is 6.20 Å². The van der Waals surface area contributed by atoms with E-state index in [4.69, 9.17) is 4.74 Å². The molecule has 0 atom stereocenters. The van der Waals surface area contributed by atoms with Crippen LogP contribution in [0, 0.1) is 18.5 Å². The molecule has 3 heterocycles. The quantitative estimate of drug-likeness (QED) is 0.130. The molecule has 0 unspecified atom stereocenters. The van der Waals surface area contributed by atoms with Crippen molar-refractivity contribution in [1.82, 2.24) is 9.55 Å². The summed E-state index contributed by atoms with van der Waals surface area (Å²) in [7, 11) is 0.